The van der Waals surface area contributed by atoms with Gasteiger partial charge < -0.3 is 14.0 Å². The van der Waals surface area contributed by atoms with Crippen molar-refractivity contribution in [3.63, 3.8) is 0 Å². The Morgan fingerprint density at radius 1 is 1.00 bits per heavy atom. The molecule has 0 amide bonds. The van der Waals surface area contributed by atoms with Crippen LogP contribution in [-0.4, -0.2) is 33.6 Å². The molecule has 0 fully saturated rings. The Kier molecular flexibility index (Phi) is 5.79. The molecule has 2 aromatic heterocycles. The maximum Gasteiger partial charge on any atom is 0.267 e. The molecule has 0 saturated carbocycles. The van der Waals surface area contributed by atoms with Crippen molar-refractivity contribution < 1.29 is 14.0 Å². The SMILES string of the molecule is CCOc1ccc(-c2noc(Cn3nc(-c4ccc(C)cc4)ccc3=O)n2)cc1OC. The lowest BCUT2D eigenvalue weighted by molar-refractivity contribution is 0.311. The molecule has 0 N–H and O–H groups in total. The van der Waals surface area contributed by atoms with Crippen LogP contribution in [0.15, 0.2) is 63.9 Å². The van der Waals surface area contributed by atoms with Gasteiger partial charge in [-0.1, -0.05) is 35.0 Å². The topological polar surface area (TPSA) is 92.3 Å². The molecule has 4 aromatic rings. The molecule has 2 aromatic carbocycles. The maximum absolute atomic E-state index is 12.3. The first-order valence-electron chi connectivity index (χ1n) is 9.86. The molecular formula is C23H22N4O4. The van der Waals surface area contributed by atoms with Gasteiger partial charge in [-0.2, -0.15) is 10.1 Å². The van der Waals surface area contributed by atoms with E-state index in [1.807, 2.05) is 44.2 Å². The number of benzene rings is 2. The number of ether oxygens (including phenoxy) is 2. The van der Waals surface area contributed by atoms with Crippen molar-refractivity contribution in [1.82, 2.24) is 19.9 Å². The molecule has 0 bridgehead atoms. The van der Waals surface area contributed by atoms with Gasteiger partial charge in [-0.15, -0.1) is 0 Å². The molecule has 0 radical (unpaired) electrons. The van der Waals surface area contributed by atoms with Gasteiger partial charge in [-0.25, -0.2) is 4.68 Å². The summed E-state index contributed by atoms with van der Waals surface area (Å²) in [6, 6.07) is 16.5. The fourth-order valence-corrected chi connectivity index (χ4v) is 3.09. The Morgan fingerprint density at radius 3 is 2.52 bits per heavy atom. The summed E-state index contributed by atoms with van der Waals surface area (Å²) in [5.74, 6) is 1.88. The zero-order chi connectivity index (χ0) is 21.8. The lowest BCUT2D eigenvalue weighted by atomic mass is 10.1. The monoisotopic (exact) mass is 418 g/mol. The number of methoxy groups -OCH3 is 1. The van der Waals surface area contributed by atoms with Crippen molar-refractivity contribution in [2.45, 2.75) is 20.4 Å². The van der Waals surface area contributed by atoms with E-state index in [9.17, 15) is 4.79 Å². The van der Waals surface area contributed by atoms with Crippen LogP contribution in [0.1, 0.15) is 18.4 Å². The molecule has 0 aliphatic heterocycles. The van der Waals surface area contributed by atoms with E-state index in [0.717, 1.165) is 11.1 Å². The number of hydrogen-bond donors (Lipinski definition) is 0. The molecule has 8 nitrogen and oxygen atoms in total. The minimum atomic E-state index is -0.252. The quantitative estimate of drug-likeness (QED) is 0.452. The summed E-state index contributed by atoms with van der Waals surface area (Å²) in [6.07, 6.45) is 0. The molecule has 158 valence electrons. The molecule has 0 atom stereocenters. The Morgan fingerprint density at radius 2 is 1.77 bits per heavy atom. The molecule has 0 spiro atoms. The fourth-order valence-electron chi connectivity index (χ4n) is 3.09. The predicted molar refractivity (Wildman–Crippen MR) is 115 cm³/mol. The highest BCUT2D eigenvalue weighted by atomic mass is 16.5. The molecule has 4 rings (SSSR count). The van der Waals surface area contributed by atoms with Gasteiger partial charge in [0.05, 0.1) is 19.4 Å². The normalized spacial score (nSPS) is 10.8. The first kappa shape index (κ1) is 20.3. The van der Waals surface area contributed by atoms with Crippen molar-refractivity contribution in [3.8, 4) is 34.1 Å². The first-order valence-corrected chi connectivity index (χ1v) is 9.86. The van der Waals surface area contributed by atoms with Gasteiger partial charge in [-0.05, 0) is 38.1 Å². The highest BCUT2D eigenvalue weighted by Crippen LogP contribution is 2.31. The molecule has 0 aliphatic rings. The van der Waals surface area contributed by atoms with Crippen LogP contribution in [0.2, 0.25) is 0 Å². The van der Waals surface area contributed by atoms with Crippen LogP contribution < -0.4 is 15.0 Å². The second-order valence-corrected chi connectivity index (χ2v) is 6.89. The molecule has 2 heterocycles. The average Bonchev–Trinajstić information content (AvgIpc) is 3.25. The molecule has 0 saturated heterocycles. The van der Waals surface area contributed by atoms with Gasteiger partial charge >= 0.3 is 0 Å². The van der Waals surface area contributed by atoms with E-state index in [-0.39, 0.29) is 18.0 Å². The van der Waals surface area contributed by atoms with Crippen LogP contribution in [0.25, 0.3) is 22.6 Å². The molecule has 31 heavy (non-hydrogen) atoms. The van der Waals surface area contributed by atoms with Crippen molar-refractivity contribution >= 4 is 0 Å². The number of hydrogen-bond acceptors (Lipinski definition) is 7. The number of aryl methyl sites for hydroxylation is 1. The van der Waals surface area contributed by atoms with Crippen molar-refractivity contribution in [2.75, 3.05) is 13.7 Å². The van der Waals surface area contributed by atoms with Gasteiger partial charge in [0, 0.05) is 17.2 Å². The third-order valence-electron chi connectivity index (χ3n) is 4.69. The predicted octanol–water partition coefficient (Wildman–Crippen LogP) is 3.72. The number of nitrogens with zero attached hydrogens (tertiary/aromatic N) is 4. The van der Waals surface area contributed by atoms with Crippen LogP contribution in [0.4, 0.5) is 0 Å². The standard InChI is InChI=1S/C23H22N4O4/c1-4-30-19-11-9-17(13-20(19)29-3)23-24-21(31-26-23)14-27-22(28)12-10-18(25-27)16-7-5-15(2)6-8-16/h5-13H,4,14H2,1-3H3. The summed E-state index contributed by atoms with van der Waals surface area (Å²) in [6.45, 7) is 4.53. The van der Waals surface area contributed by atoms with Crippen LogP contribution >= 0.6 is 0 Å². The second-order valence-electron chi connectivity index (χ2n) is 6.89. The summed E-state index contributed by atoms with van der Waals surface area (Å²) >= 11 is 0. The Bertz CT molecular complexity index is 1250. The van der Waals surface area contributed by atoms with Gasteiger partial charge in [-0.3, -0.25) is 4.79 Å². The zero-order valence-electron chi connectivity index (χ0n) is 17.5. The minimum Gasteiger partial charge on any atom is -0.493 e. The minimum absolute atomic E-state index is 0.0691. The largest absolute Gasteiger partial charge is 0.493 e. The van der Waals surface area contributed by atoms with E-state index in [4.69, 9.17) is 14.0 Å². The van der Waals surface area contributed by atoms with Gasteiger partial charge in [0.25, 0.3) is 5.56 Å². The third kappa shape index (κ3) is 4.48. The smallest absolute Gasteiger partial charge is 0.267 e. The van der Waals surface area contributed by atoms with Gasteiger partial charge in [0.1, 0.15) is 6.54 Å². The van der Waals surface area contributed by atoms with Gasteiger partial charge in [0.15, 0.2) is 11.5 Å². The van der Waals surface area contributed by atoms with Crippen molar-refractivity contribution in [3.05, 3.63) is 76.4 Å². The highest BCUT2D eigenvalue weighted by molar-refractivity contribution is 5.61. The Labute approximate surface area is 179 Å². The number of rotatable bonds is 7. The Hall–Kier alpha value is -3.94. The fraction of sp³-hybridized carbons (Fsp3) is 0.217. The van der Waals surface area contributed by atoms with Crippen LogP contribution in [0.5, 0.6) is 11.5 Å². The summed E-state index contributed by atoms with van der Waals surface area (Å²) < 4.78 is 17.6. The van der Waals surface area contributed by atoms with Crippen LogP contribution in [-0.2, 0) is 6.54 Å². The Balaban J connectivity index is 1.59. The maximum atomic E-state index is 12.3. The lowest BCUT2D eigenvalue weighted by Gasteiger charge is -2.09. The molecule has 8 heteroatoms. The average molecular weight is 418 g/mol. The zero-order valence-corrected chi connectivity index (χ0v) is 17.5. The summed E-state index contributed by atoms with van der Waals surface area (Å²) in [5.41, 5.74) is 3.23. The summed E-state index contributed by atoms with van der Waals surface area (Å²) in [4.78, 5) is 16.7. The lowest BCUT2D eigenvalue weighted by Crippen LogP contribution is -2.23. The van der Waals surface area contributed by atoms with E-state index in [0.29, 0.717) is 35.2 Å². The van der Waals surface area contributed by atoms with E-state index in [1.54, 1.807) is 25.3 Å². The number of aromatic nitrogens is 4. The first-order chi connectivity index (χ1) is 15.1. The second kappa shape index (κ2) is 8.83. The van der Waals surface area contributed by atoms with Crippen LogP contribution in [0.3, 0.4) is 0 Å². The van der Waals surface area contributed by atoms with Crippen LogP contribution in [0, 0.1) is 6.92 Å². The van der Waals surface area contributed by atoms with E-state index < -0.39 is 0 Å². The van der Waals surface area contributed by atoms with E-state index in [1.165, 1.54) is 10.7 Å². The highest BCUT2D eigenvalue weighted by Gasteiger charge is 2.14. The van der Waals surface area contributed by atoms with E-state index in [2.05, 4.69) is 15.2 Å². The molecular weight excluding hydrogens is 396 g/mol. The summed E-state index contributed by atoms with van der Waals surface area (Å²) in [5, 5.41) is 8.48. The van der Waals surface area contributed by atoms with Crippen molar-refractivity contribution in [2.24, 2.45) is 0 Å². The van der Waals surface area contributed by atoms with Crippen molar-refractivity contribution in [1.29, 1.82) is 0 Å². The molecule has 0 aliphatic carbocycles. The van der Waals surface area contributed by atoms with E-state index >= 15 is 0 Å². The molecule has 0 unspecified atom stereocenters. The summed E-state index contributed by atoms with van der Waals surface area (Å²) in [7, 11) is 1.57. The third-order valence-corrected chi connectivity index (χ3v) is 4.69. The van der Waals surface area contributed by atoms with Gasteiger partial charge in [0.2, 0.25) is 11.7 Å².